The van der Waals surface area contributed by atoms with Gasteiger partial charge in [-0.3, -0.25) is 0 Å². The first-order chi connectivity index (χ1) is 9.35. The second-order valence-electron chi connectivity index (χ2n) is 4.88. The molecule has 0 heterocycles. The summed E-state index contributed by atoms with van der Waals surface area (Å²) >= 11 is 0. The van der Waals surface area contributed by atoms with E-state index in [0.29, 0.717) is 6.04 Å². The molecule has 0 aromatic heterocycles. The van der Waals surface area contributed by atoms with Gasteiger partial charge in [-0.2, -0.15) is 0 Å². The van der Waals surface area contributed by atoms with Crippen molar-refractivity contribution in [3.8, 4) is 0 Å². The van der Waals surface area contributed by atoms with Crippen molar-refractivity contribution in [1.82, 2.24) is 5.32 Å². The van der Waals surface area contributed by atoms with Crippen LogP contribution in [-0.2, 0) is 11.2 Å². The lowest BCUT2D eigenvalue weighted by Crippen LogP contribution is -2.32. The van der Waals surface area contributed by atoms with Crippen molar-refractivity contribution in [3.63, 3.8) is 0 Å². The number of nitrogens with one attached hydrogen (secondary N) is 1. The zero-order valence-electron chi connectivity index (χ0n) is 11.9. The van der Waals surface area contributed by atoms with E-state index in [1.165, 1.54) is 16.3 Å². The lowest BCUT2D eigenvalue weighted by Gasteiger charge is -2.18. The van der Waals surface area contributed by atoms with Crippen LogP contribution in [0.15, 0.2) is 42.5 Å². The molecule has 0 aliphatic rings. The van der Waals surface area contributed by atoms with E-state index in [1.54, 1.807) is 7.11 Å². The van der Waals surface area contributed by atoms with Gasteiger partial charge < -0.3 is 10.1 Å². The third kappa shape index (κ3) is 3.79. The second kappa shape index (κ2) is 7.27. The summed E-state index contributed by atoms with van der Waals surface area (Å²) < 4.78 is 5.20. The molecule has 102 valence electrons. The van der Waals surface area contributed by atoms with Gasteiger partial charge in [-0.05, 0) is 35.7 Å². The molecule has 0 fully saturated rings. The number of hydrogen-bond donors (Lipinski definition) is 1. The number of rotatable bonds is 7. The van der Waals surface area contributed by atoms with Gasteiger partial charge in [-0.25, -0.2) is 0 Å². The van der Waals surface area contributed by atoms with E-state index >= 15 is 0 Å². The Labute approximate surface area is 115 Å². The maximum absolute atomic E-state index is 5.20. The van der Waals surface area contributed by atoms with Crippen LogP contribution in [-0.4, -0.2) is 26.3 Å². The van der Waals surface area contributed by atoms with Gasteiger partial charge in [0.2, 0.25) is 0 Å². The molecule has 2 heteroatoms. The average molecular weight is 257 g/mol. The minimum Gasteiger partial charge on any atom is -0.385 e. The predicted octanol–water partition coefficient (Wildman–Crippen LogP) is 3.40. The smallest absolute Gasteiger partial charge is 0.0477 e. The molecule has 2 nitrogen and oxygen atoms in total. The fourth-order valence-corrected chi connectivity index (χ4v) is 2.56. The van der Waals surface area contributed by atoms with Crippen molar-refractivity contribution >= 4 is 10.8 Å². The van der Waals surface area contributed by atoms with E-state index in [2.05, 4.69) is 54.7 Å². The maximum Gasteiger partial charge on any atom is 0.0477 e. The lowest BCUT2D eigenvalue weighted by atomic mass is 9.97. The molecule has 0 aliphatic carbocycles. The highest BCUT2D eigenvalue weighted by Gasteiger charge is 2.10. The molecule has 0 saturated heterocycles. The topological polar surface area (TPSA) is 21.3 Å². The van der Waals surface area contributed by atoms with Crippen molar-refractivity contribution in [3.05, 3.63) is 48.0 Å². The highest BCUT2D eigenvalue weighted by molar-refractivity contribution is 5.85. The first-order valence-corrected chi connectivity index (χ1v) is 7.04. The molecular weight excluding hydrogens is 234 g/mol. The summed E-state index contributed by atoms with van der Waals surface area (Å²) in [5.74, 6) is 0. The van der Waals surface area contributed by atoms with Crippen LogP contribution in [0.4, 0.5) is 0 Å². The molecule has 0 amide bonds. The van der Waals surface area contributed by atoms with Crippen LogP contribution in [0.5, 0.6) is 0 Å². The number of likely N-dealkylation sites (N-methyl/N-ethyl adjacent to an activating group) is 1. The zero-order chi connectivity index (χ0) is 13.5. The molecule has 0 spiro atoms. The van der Waals surface area contributed by atoms with Crippen molar-refractivity contribution in [1.29, 1.82) is 0 Å². The number of fused-ring (bicyclic) bond motifs is 1. The Morgan fingerprint density at radius 3 is 2.68 bits per heavy atom. The van der Waals surface area contributed by atoms with E-state index in [4.69, 9.17) is 4.74 Å². The largest absolute Gasteiger partial charge is 0.385 e. The Bertz CT molecular complexity index is 504. The highest BCUT2D eigenvalue weighted by atomic mass is 16.5. The van der Waals surface area contributed by atoms with Crippen LogP contribution in [0.3, 0.4) is 0 Å². The fraction of sp³-hybridized carbons (Fsp3) is 0.412. The van der Waals surface area contributed by atoms with Crippen molar-refractivity contribution in [2.75, 3.05) is 20.3 Å². The van der Waals surface area contributed by atoms with E-state index in [1.807, 2.05) is 0 Å². The highest BCUT2D eigenvalue weighted by Crippen LogP contribution is 2.20. The summed E-state index contributed by atoms with van der Waals surface area (Å²) in [5, 5.41) is 6.24. The van der Waals surface area contributed by atoms with Gasteiger partial charge >= 0.3 is 0 Å². The van der Waals surface area contributed by atoms with Gasteiger partial charge in [0.05, 0.1) is 0 Å². The summed E-state index contributed by atoms with van der Waals surface area (Å²) in [6.07, 6.45) is 2.10. The summed E-state index contributed by atoms with van der Waals surface area (Å²) in [5.41, 5.74) is 1.42. The number of hydrogen-bond acceptors (Lipinski definition) is 2. The van der Waals surface area contributed by atoms with E-state index in [0.717, 1.165) is 26.0 Å². The minimum absolute atomic E-state index is 0.482. The lowest BCUT2D eigenvalue weighted by molar-refractivity contribution is 0.183. The summed E-state index contributed by atoms with van der Waals surface area (Å²) in [4.78, 5) is 0. The van der Waals surface area contributed by atoms with Gasteiger partial charge in [-0.15, -0.1) is 0 Å². The number of ether oxygens (including phenoxy) is 1. The van der Waals surface area contributed by atoms with E-state index in [-0.39, 0.29) is 0 Å². The fourth-order valence-electron chi connectivity index (χ4n) is 2.56. The molecule has 2 aromatic carbocycles. The van der Waals surface area contributed by atoms with Gasteiger partial charge in [0, 0.05) is 19.8 Å². The quantitative estimate of drug-likeness (QED) is 0.821. The van der Waals surface area contributed by atoms with Crippen molar-refractivity contribution in [2.24, 2.45) is 0 Å². The molecular formula is C17H23NO. The third-order valence-corrected chi connectivity index (χ3v) is 3.51. The Morgan fingerprint density at radius 1 is 1.11 bits per heavy atom. The van der Waals surface area contributed by atoms with Gasteiger partial charge in [0.1, 0.15) is 0 Å². The Hall–Kier alpha value is -1.38. The van der Waals surface area contributed by atoms with Crippen LogP contribution < -0.4 is 5.32 Å². The predicted molar refractivity (Wildman–Crippen MR) is 81.6 cm³/mol. The molecule has 2 rings (SSSR count). The molecule has 0 aliphatic heterocycles. The molecule has 0 bridgehead atoms. The minimum atomic E-state index is 0.482. The summed E-state index contributed by atoms with van der Waals surface area (Å²) in [6, 6.07) is 15.6. The van der Waals surface area contributed by atoms with E-state index in [9.17, 15) is 0 Å². The van der Waals surface area contributed by atoms with Crippen molar-refractivity contribution < 1.29 is 4.74 Å². The molecule has 1 atom stereocenters. The Kier molecular flexibility index (Phi) is 5.37. The average Bonchev–Trinajstić information content (AvgIpc) is 2.45. The summed E-state index contributed by atoms with van der Waals surface area (Å²) in [7, 11) is 1.76. The second-order valence-corrected chi connectivity index (χ2v) is 4.88. The van der Waals surface area contributed by atoms with Crippen LogP contribution in [0, 0.1) is 0 Å². The van der Waals surface area contributed by atoms with Crippen molar-refractivity contribution in [2.45, 2.75) is 25.8 Å². The monoisotopic (exact) mass is 257 g/mol. The Morgan fingerprint density at radius 2 is 1.89 bits per heavy atom. The van der Waals surface area contributed by atoms with Gasteiger partial charge in [0.15, 0.2) is 0 Å². The molecule has 2 aromatic rings. The Balaban J connectivity index is 2.18. The van der Waals surface area contributed by atoms with Crippen LogP contribution in [0.25, 0.3) is 10.8 Å². The molecule has 1 N–H and O–H groups in total. The third-order valence-electron chi connectivity index (χ3n) is 3.51. The first kappa shape index (κ1) is 14.0. The summed E-state index contributed by atoms with van der Waals surface area (Å²) in [6.45, 7) is 3.96. The van der Waals surface area contributed by atoms with Gasteiger partial charge in [0.25, 0.3) is 0 Å². The maximum atomic E-state index is 5.20. The van der Waals surface area contributed by atoms with Crippen LogP contribution >= 0.6 is 0 Å². The molecule has 1 unspecified atom stereocenters. The molecule has 0 saturated carbocycles. The zero-order valence-corrected chi connectivity index (χ0v) is 11.9. The van der Waals surface area contributed by atoms with Gasteiger partial charge in [-0.1, -0.05) is 49.4 Å². The molecule has 19 heavy (non-hydrogen) atoms. The number of benzene rings is 2. The SMILES string of the molecule is CCNC(CCOC)Cc1cccc2ccccc12. The first-order valence-electron chi connectivity index (χ1n) is 7.04. The van der Waals surface area contributed by atoms with E-state index < -0.39 is 0 Å². The normalized spacial score (nSPS) is 12.7. The number of methoxy groups -OCH3 is 1. The molecule has 0 radical (unpaired) electrons. The van der Waals surface area contributed by atoms with Crippen LogP contribution in [0.2, 0.25) is 0 Å². The van der Waals surface area contributed by atoms with Crippen LogP contribution in [0.1, 0.15) is 18.9 Å². The standard InChI is InChI=1S/C17H23NO/c1-3-18-16(11-12-19-2)13-15-9-6-8-14-7-4-5-10-17(14)15/h4-10,16,18H,3,11-13H2,1-2H3.